The first-order chi connectivity index (χ1) is 38.9. The molecule has 2 aromatic carbocycles. The van der Waals surface area contributed by atoms with Crippen molar-refractivity contribution in [3.05, 3.63) is 106 Å². The molecule has 2 atom stereocenters. The Morgan fingerprint density at radius 1 is 0.753 bits per heavy atom. The number of carbonyl (C=O) groups is 5. The van der Waals surface area contributed by atoms with Crippen LogP contribution in [-0.2, 0) is 62.4 Å². The van der Waals surface area contributed by atoms with Crippen molar-refractivity contribution in [2.24, 2.45) is 17.3 Å². The lowest BCUT2D eigenvalue weighted by molar-refractivity contribution is -0.183. The van der Waals surface area contributed by atoms with Crippen LogP contribution < -0.4 is 26.0 Å². The van der Waals surface area contributed by atoms with Gasteiger partial charge in [0.1, 0.15) is 30.1 Å². The molecule has 0 radical (unpaired) electrons. The lowest BCUT2D eigenvalue weighted by Crippen LogP contribution is -2.58. The van der Waals surface area contributed by atoms with E-state index in [0.717, 1.165) is 32.8 Å². The van der Waals surface area contributed by atoms with Gasteiger partial charge in [0.15, 0.2) is 0 Å². The summed E-state index contributed by atoms with van der Waals surface area (Å²) < 4.78 is 72.5. The summed E-state index contributed by atoms with van der Waals surface area (Å²) in [6.45, 7) is 11.3. The van der Waals surface area contributed by atoms with Crippen LogP contribution in [0, 0.1) is 24.2 Å². The Morgan fingerprint density at radius 3 is 2.02 bits per heavy atom. The zero-order valence-electron chi connectivity index (χ0n) is 47.0. The summed E-state index contributed by atoms with van der Waals surface area (Å²) in [6.07, 6.45) is 3.37. The largest absolute Gasteiger partial charge is 0.495 e. The summed E-state index contributed by atoms with van der Waals surface area (Å²) >= 11 is 1.58. The molecule has 1 unspecified atom stereocenters. The predicted molar refractivity (Wildman–Crippen MR) is 300 cm³/mol. The first-order valence-electron chi connectivity index (χ1n) is 27.6. The standard InChI is InChI=1S/C59H78F3N7O11S/c1-40-53(81-39-67-40)45-16-12-42(13-17-45)35-66-56(73)49-10-7-22-69(49)57(74)54(58(2,3)4)68-52(71)38-80-31-30-79-29-28-78-27-26-77-25-24-76-23-21-63-51(70)33-43-8-6-9-44(32-43)36-65-55(72)48-34-46(50(75-5)37-64-48)18-11-41-14-19-47(20-15-41)59(60,61)62/h6,8-9,11-13,16-18,32,34,37,39,41,47,49,54H,7,10,14-15,19-31,33,35-36,38H2,1-5H3,(H,63,70)(H,65,72)(H,66,73)(H,68,71)/b18-11+/t41-,47-,49-,54?/m0/s1. The second kappa shape index (κ2) is 32.4. The number of likely N-dealkylation sites (tertiary alicyclic amines) is 1. The number of halogens is 3. The molecule has 1 aliphatic carbocycles. The Morgan fingerprint density at radius 2 is 1.40 bits per heavy atom. The molecule has 0 bridgehead atoms. The summed E-state index contributed by atoms with van der Waals surface area (Å²) in [5.74, 6) is -2.38. The van der Waals surface area contributed by atoms with Crippen LogP contribution in [-0.4, -0.2) is 149 Å². The minimum atomic E-state index is -4.17. The highest BCUT2D eigenvalue weighted by molar-refractivity contribution is 7.13. The Bertz CT molecular complexity index is 2680. The van der Waals surface area contributed by atoms with Gasteiger partial charge in [-0.25, -0.2) is 9.97 Å². The van der Waals surface area contributed by atoms with Crippen LogP contribution in [0.4, 0.5) is 13.2 Å². The first kappa shape index (κ1) is 63.9. The Labute approximate surface area is 476 Å². The van der Waals surface area contributed by atoms with Gasteiger partial charge in [0, 0.05) is 31.7 Å². The first-order valence-corrected chi connectivity index (χ1v) is 28.4. The number of thiazole rings is 1. The smallest absolute Gasteiger partial charge is 0.391 e. The van der Waals surface area contributed by atoms with Crippen LogP contribution in [0.5, 0.6) is 5.75 Å². The molecule has 1 aliphatic heterocycles. The Hall–Kier alpha value is -6.30. The summed E-state index contributed by atoms with van der Waals surface area (Å²) in [4.78, 5) is 77.2. The molecule has 2 aromatic heterocycles. The number of nitrogens with one attached hydrogen (secondary N) is 4. The molecule has 81 heavy (non-hydrogen) atoms. The van der Waals surface area contributed by atoms with E-state index in [-0.39, 0.29) is 75.0 Å². The van der Waals surface area contributed by atoms with Crippen molar-refractivity contribution in [1.29, 1.82) is 0 Å². The third-order valence-corrected chi connectivity index (χ3v) is 14.9. The van der Waals surface area contributed by atoms with Gasteiger partial charge in [0.2, 0.25) is 23.6 Å². The second-order valence-electron chi connectivity index (χ2n) is 21.1. The number of methoxy groups -OCH3 is 1. The topological polar surface area (TPSA) is 218 Å². The van der Waals surface area contributed by atoms with Crippen molar-refractivity contribution < 1.29 is 65.6 Å². The third-order valence-electron chi connectivity index (χ3n) is 13.9. The number of ether oxygens (including phenoxy) is 6. The van der Waals surface area contributed by atoms with E-state index in [9.17, 15) is 37.1 Å². The maximum absolute atomic E-state index is 13.9. The SMILES string of the molecule is COc1cnc(C(=O)NCc2cccc(CC(=O)NCCOCCOCCOCCOCCOCC(=O)NC(C(=O)N3CCC[C@H]3C(=O)NCc3ccc(-c4scnc4C)cc3)C(C)(C)C)c2)cc1/C=C/[C@H]1CC[C@H](C(F)(F)F)CC1. The number of nitrogens with zero attached hydrogens (tertiary/aromatic N) is 3. The monoisotopic (exact) mass is 1150 g/mol. The van der Waals surface area contributed by atoms with Gasteiger partial charge in [-0.3, -0.25) is 24.0 Å². The molecule has 1 saturated heterocycles. The van der Waals surface area contributed by atoms with Gasteiger partial charge in [0.25, 0.3) is 5.91 Å². The summed E-state index contributed by atoms with van der Waals surface area (Å²) in [5.41, 5.74) is 6.50. The predicted octanol–water partition coefficient (Wildman–Crippen LogP) is 7.41. The number of alkyl halides is 3. The van der Waals surface area contributed by atoms with Gasteiger partial charge in [-0.2, -0.15) is 13.2 Å². The number of allylic oxidation sites excluding steroid dienone is 1. The van der Waals surface area contributed by atoms with Crippen molar-refractivity contribution >= 4 is 46.9 Å². The lowest BCUT2D eigenvalue weighted by Gasteiger charge is -2.35. The Balaban J connectivity index is 0.747. The van der Waals surface area contributed by atoms with Crippen LogP contribution in [0.25, 0.3) is 16.5 Å². The molecule has 6 rings (SSSR count). The normalized spacial score (nSPS) is 17.0. The summed E-state index contributed by atoms with van der Waals surface area (Å²) in [7, 11) is 1.48. The molecule has 4 N–H and O–H groups in total. The van der Waals surface area contributed by atoms with E-state index >= 15 is 0 Å². The van der Waals surface area contributed by atoms with Crippen molar-refractivity contribution in [1.82, 2.24) is 36.1 Å². The molecule has 5 amide bonds. The van der Waals surface area contributed by atoms with Gasteiger partial charge in [-0.05, 0) is 85.1 Å². The zero-order chi connectivity index (χ0) is 58.2. The lowest BCUT2D eigenvalue weighted by atomic mass is 9.81. The Kier molecular flexibility index (Phi) is 25.5. The van der Waals surface area contributed by atoms with Crippen LogP contribution >= 0.6 is 11.3 Å². The van der Waals surface area contributed by atoms with E-state index in [0.29, 0.717) is 103 Å². The van der Waals surface area contributed by atoms with Crippen molar-refractivity contribution in [2.75, 3.05) is 86.3 Å². The molecule has 442 valence electrons. The summed E-state index contributed by atoms with van der Waals surface area (Å²) in [5, 5.41) is 11.5. The molecule has 2 aliphatic rings. The highest BCUT2D eigenvalue weighted by Gasteiger charge is 2.42. The minimum Gasteiger partial charge on any atom is -0.495 e. The average Bonchev–Trinajstić information content (AvgIpc) is 4.13. The van der Waals surface area contributed by atoms with Gasteiger partial charge >= 0.3 is 6.18 Å². The van der Waals surface area contributed by atoms with Crippen LogP contribution in [0.3, 0.4) is 0 Å². The van der Waals surface area contributed by atoms with E-state index in [1.807, 2.05) is 87.8 Å². The van der Waals surface area contributed by atoms with Gasteiger partial charge < -0.3 is 54.6 Å². The summed E-state index contributed by atoms with van der Waals surface area (Å²) in [6, 6.07) is 15.4. The van der Waals surface area contributed by atoms with Crippen LogP contribution in [0.2, 0.25) is 0 Å². The fourth-order valence-corrected chi connectivity index (χ4v) is 10.2. The quantitative estimate of drug-likeness (QED) is 0.0362. The third kappa shape index (κ3) is 21.2. The molecular weight excluding hydrogens is 1070 g/mol. The van der Waals surface area contributed by atoms with E-state index < -0.39 is 41.4 Å². The van der Waals surface area contributed by atoms with Gasteiger partial charge in [-0.1, -0.05) is 81.5 Å². The number of amides is 5. The maximum atomic E-state index is 13.9. The number of rotatable bonds is 31. The fourth-order valence-electron chi connectivity index (χ4n) is 9.42. The van der Waals surface area contributed by atoms with Crippen molar-refractivity contribution in [3.63, 3.8) is 0 Å². The van der Waals surface area contributed by atoms with E-state index in [2.05, 4.69) is 31.2 Å². The molecular formula is C59H78F3N7O11S. The number of carbonyl (C=O) groups excluding carboxylic acids is 5. The van der Waals surface area contributed by atoms with E-state index in [4.69, 9.17) is 28.4 Å². The zero-order valence-corrected chi connectivity index (χ0v) is 47.9. The van der Waals surface area contributed by atoms with E-state index in [1.165, 1.54) is 13.3 Å². The number of aryl methyl sites for hydroxylation is 1. The highest BCUT2D eigenvalue weighted by atomic mass is 32.1. The molecule has 22 heteroatoms. The maximum Gasteiger partial charge on any atom is 0.391 e. The van der Waals surface area contributed by atoms with Gasteiger partial charge in [0.05, 0.1) is 101 Å². The van der Waals surface area contributed by atoms with Crippen molar-refractivity contribution in [3.8, 4) is 16.2 Å². The molecule has 4 aromatic rings. The van der Waals surface area contributed by atoms with E-state index in [1.54, 1.807) is 28.4 Å². The number of benzene rings is 2. The second-order valence-corrected chi connectivity index (χ2v) is 21.9. The molecule has 18 nitrogen and oxygen atoms in total. The molecule has 0 spiro atoms. The average molecular weight is 1150 g/mol. The van der Waals surface area contributed by atoms with Crippen LogP contribution in [0.15, 0.2) is 72.4 Å². The van der Waals surface area contributed by atoms with Crippen LogP contribution in [0.1, 0.15) is 97.7 Å². The molecule has 3 heterocycles. The van der Waals surface area contributed by atoms with Crippen molar-refractivity contribution in [2.45, 2.75) is 104 Å². The highest BCUT2D eigenvalue weighted by Crippen LogP contribution is 2.40. The van der Waals surface area contributed by atoms with Gasteiger partial charge in [-0.15, -0.1) is 11.3 Å². The minimum absolute atomic E-state index is 0.00287. The fraction of sp³-hybridized carbons (Fsp3) is 0.542. The number of pyridine rings is 1. The molecule has 2 fully saturated rings. The number of hydrogen-bond acceptors (Lipinski definition) is 14. The number of aromatic nitrogens is 2. The molecule has 1 saturated carbocycles. The number of hydrogen-bond donors (Lipinski definition) is 4.